The molecule has 2 aromatic rings. The SMILES string of the molecule is Cn1cnc(CCNc2cc(Cl)c(F)cc2N)n1. The largest absolute Gasteiger partial charge is 0.397 e. The first kappa shape index (κ1) is 12.6. The van der Waals surface area contributed by atoms with Gasteiger partial charge in [-0.15, -0.1) is 0 Å². The Balaban J connectivity index is 1.96. The number of nitrogens with zero attached hydrogens (tertiary/aromatic N) is 3. The van der Waals surface area contributed by atoms with Gasteiger partial charge in [0.05, 0.1) is 16.4 Å². The Kier molecular flexibility index (Phi) is 3.66. The van der Waals surface area contributed by atoms with Crippen molar-refractivity contribution in [2.24, 2.45) is 7.05 Å². The molecule has 0 aliphatic heterocycles. The molecule has 1 heterocycles. The topological polar surface area (TPSA) is 68.8 Å². The van der Waals surface area contributed by atoms with Crippen LogP contribution >= 0.6 is 11.6 Å². The Morgan fingerprint density at radius 1 is 1.50 bits per heavy atom. The fourth-order valence-electron chi connectivity index (χ4n) is 1.52. The molecule has 0 radical (unpaired) electrons. The van der Waals surface area contributed by atoms with Crippen LogP contribution in [-0.2, 0) is 13.5 Å². The first-order valence-electron chi connectivity index (χ1n) is 5.39. The summed E-state index contributed by atoms with van der Waals surface area (Å²) >= 11 is 5.69. The smallest absolute Gasteiger partial charge is 0.152 e. The molecule has 1 aromatic heterocycles. The van der Waals surface area contributed by atoms with Gasteiger partial charge >= 0.3 is 0 Å². The molecule has 0 aliphatic carbocycles. The van der Waals surface area contributed by atoms with Crippen LogP contribution in [0.5, 0.6) is 0 Å². The van der Waals surface area contributed by atoms with E-state index < -0.39 is 5.82 Å². The molecule has 1 aromatic carbocycles. The van der Waals surface area contributed by atoms with Gasteiger partial charge in [-0.3, -0.25) is 4.68 Å². The number of nitrogen functional groups attached to an aromatic ring is 1. The maximum absolute atomic E-state index is 13.1. The minimum absolute atomic E-state index is 0.0441. The second kappa shape index (κ2) is 5.22. The van der Waals surface area contributed by atoms with Gasteiger partial charge in [-0.1, -0.05) is 11.6 Å². The van der Waals surface area contributed by atoms with E-state index in [0.717, 1.165) is 5.82 Å². The lowest BCUT2D eigenvalue weighted by Gasteiger charge is -2.09. The van der Waals surface area contributed by atoms with Gasteiger partial charge in [0.25, 0.3) is 0 Å². The molecule has 96 valence electrons. The quantitative estimate of drug-likeness (QED) is 0.831. The number of aromatic nitrogens is 3. The lowest BCUT2D eigenvalue weighted by Crippen LogP contribution is -2.08. The predicted molar refractivity (Wildman–Crippen MR) is 69.0 cm³/mol. The number of rotatable bonds is 4. The molecule has 7 heteroatoms. The highest BCUT2D eigenvalue weighted by atomic mass is 35.5. The van der Waals surface area contributed by atoms with Crippen LogP contribution in [-0.4, -0.2) is 21.3 Å². The number of hydrogen-bond donors (Lipinski definition) is 2. The highest BCUT2D eigenvalue weighted by Gasteiger charge is 2.06. The van der Waals surface area contributed by atoms with Crippen molar-refractivity contribution < 1.29 is 4.39 Å². The van der Waals surface area contributed by atoms with Crippen LogP contribution in [0.25, 0.3) is 0 Å². The highest BCUT2D eigenvalue weighted by Crippen LogP contribution is 2.26. The Bertz CT molecular complexity index is 554. The fraction of sp³-hybridized carbons (Fsp3) is 0.273. The van der Waals surface area contributed by atoms with Crippen molar-refractivity contribution in [3.05, 3.63) is 35.1 Å². The summed E-state index contributed by atoms with van der Waals surface area (Å²) in [4.78, 5) is 4.10. The van der Waals surface area contributed by atoms with Crippen LogP contribution in [0.15, 0.2) is 18.5 Å². The molecular weight excluding hydrogens is 257 g/mol. The van der Waals surface area contributed by atoms with Crippen LogP contribution in [0.4, 0.5) is 15.8 Å². The summed E-state index contributed by atoms with van der Waals surface area (Å²) in [5.41, 5.74) is 6.61. The van der Waals surface area contributed by atoms with Gasteiger partial charge in [0.15, 0.2) is 5.82 Å². The monoisotopic (exact) mass is 269 g/mol. The Morgan fingerprint density at radius 2 is 2.28 bits per heavy atom. The van der Waals surface area contributed by atoms with Gasteiger partial charge in [-0.05, 0) is 6.07 Å². The summed E-state index contributed by atoms with van der Waals surface area (Å²) in [5, 5.41) is 7.26. The Morgan fingerprint density at radius 3 is 2.94 bits per heavy atom. The van der Waals surface area contributed by atoms with Gasteiger partial charge in [-0.2, -0.15) is 5.10 Å². The van der Waals surface area contributed by atoms with Gasteiger partial charge < -0.3 is 11.1 Å². The average Bonchev–Trinajstić information content (AvgIpc) is 2.71. The Labute approximate surface area is 109 Å². The molecule has 0 bridgehead atoms. The van der Waals surface area contributed by atoms with Crippen molar-refractivity contribution in [3.63, 3.8) is 0 Å². The highest BCUT2D eigenvalue weighted by molar-refractivity contribution is 6.31. The van der Waals surface area contributed by atoms with Gasteiger partial charge in [-0.25, -0.2) is 9.37 Å². The van der Waals surface area contributed by atoms with E-state index in [1.165, 1.54) is 12.1 Å². The zero-order valence-electron chi connectivity index (χ0n) is 9.82. The van der Waals surface area contributed by atoms with Crippen LogP contribution in [0.3, 0.4) is 0 Å². The number of anilines is 2. The first-order chi connectivity index (χ1) is 8.56. The minimum atomic E-state index is -0.522. The summed E-state index contributed by atoms with van der Waals surface area (Å²) in [6.07, 6.45) is 2.29. The van der Waals surface area contributed by atoms with Gasteiger partial charge in [0, 0.05) is 26.1 Å². The number of nitrogens with two attached hydrogens (primary N) is 1. The van der Waals surface area contributed by atoms with Crippen LogP contribution in [0.1, 0.15) is 5.82 Å². The third-order valence-electron chi connectivity index (χ3n) is 2.40. The van der Waals surface area contributed by atoms with Crippen molar-refractivity contribution in [1.82, 2.24) is 14.8 Å². The molecule has 0 fully saturated rings. The van der Waals surface area contributed by atoms with E-state index in [0.29, 0.717) is 24.3 Å². The molecule has 0 saturated heterocycles. The number of benzene rings is 1. The standard InChI is InChI=1S/C11H13ClFN5/c1-18-6-16-11(17-18)2-3-15-10-4-7(12)8(13)5-9(10)14/h4-6,15H,2-3,14H2,1H3. The lowest BCUT2D eigenvalue weighted by atomic mass is 10.2. The normalized spacial score (nSPS) is 10.6. The van der Waals surface area contributed by atoms with Crippen molar-refractivity contribution in [2.45, 2.75) is 6.42 Å². The molecule has 3 N–H and O–H groups in total. The van der Waals surface area contributed by atoms with Crippen molar-refractivity contribution in [2.75, 3.05) is 17.6 Å². The molecule has 0 spiro atoms. The predicted octanol–water partition coefficient (Wildman–Crippen LogP) is 1.84. The second-order valence-electron chi connectivity index (χ2n) is 3.86. The lowest BCUT2D eigenvalue weighted by molar-refractivity contribution is 0.629. The molecule has 0 unspecified atom stereocenters. The maximum atomic E-state index is 13.1. The number of hydrogen-bond acceptors (Lipinski definition) is 4. The zero-order chi connectivity index (χ0) is 13.1. The van der Waals surface area contributed by atoms with Crippen LogP contribution in [0.2, 0.25) is 5.02 Å². The van der Waals surface area contributed by atoms with E-state index >= 15 is 0 Å². The molecule has 0 amide bonds. The van der Waals surface area contributed by atoms with E-state index in [1.54, 1.807) is 11.0 Å². The van der Waals surface area contributed by atoms with Crippen LogP contribution < -0.4 is 11.1 Å². The second-order valence-corrected chi connectivity index (χ2v) is 4.27. The average molecular weight is 270 g/mol. The van der Waals surface area contributed by atoms with Crippen molar-refractivity contribution in [3.8, 4) is 0 Å². The Hall–Kier alpha value is -1.82. The van der Waals surface area contributed by atoms with Crippen LogP contribution in [0, 0.1) is 5.82 Å². The molecule has 0 saturated carbocycles. The van der Waals surface area contributed by atoms with Crippen molar-refractivity contribution in [1.29, 1.82) is 0 Å². The third kappa shape index (κ3) is 2.89. The third-order valence-corrected chi connectivity index (χ3v) is 2.69. The van der Waals surface area contributed by atoms with Crippen molar-refractivity contribution >= 4 is 23.0 Å². The minimum Gasteiger partial charge on any atom is -0.397 e. The van der Waals surface area contributed by atoms with E-state index in [2.05, 4.69) is 15.4 Å². The molecule has 0 aliphatic rings. The summed E-state index contributed by atoms with van der Waals surface area (Å²) in [6.45, 7) is 0.593. The summed E-state index contributed by atoms with van der Waals surface area (Å²) < 4.78 is 14.7. The zero-order valence-corrected chi connectivity index (χ0v) is 10.6. The number of nitrogens with one attached hydrogen (secondary N) is 1. The van der Waals surface area contributed by atoms with E-state index in [9.17, 15) is 4.39 Å². The number of aryl methyl sites for hydroxylation is 1. The number of halogens is 2. The van der Waals surface area contributed by atoms with Gasteiger partial charge in [0.2, 0.25) is 0 Å². The first-order valence-corrected chi connectivity index (χ1v) is 5.77. The molecule has 18 heavy (non-hydrogen) atoms. The molecule has 0 atom stereocenters. The summed E-state index contributed by atoms with van der Waals surface area (Å²) in [6, 6.07) is 2.67. The molecule has 5 nitrogen and oxygen atoms in total. The molecular formula is C11H13ClFN5. The molecule has 2 rings (SSSR count). The van der Waals surface area contributed by atoms with Gasteiger partial charge in [0.1, 0.15) is 12.1 Å². The van der Waals surface area contributed by atoms with E-state index in [4.69, 9.17) is 17.3 Å². The summed E-state index contributed by atoms with van der Waals surface area (Å²) in [7, 11) is 1.81. The van der Waals surface area contributed by atoms with E-state index in [1.807, 2.05) is 7.05 Å². The fourth-order valence-corrected chi connectivity index (χ4v) is 1.69. The van der Waals surface area contributed by atoms with E-state index in [-0.39, 0.29) is 5.02 Å². The summed E-state index contributed by atoms with van der Waals surface area (Å²) in [5.74, 6) is 0.211. The maximum Gasteiger partial charge on any atom is 0.152 e.